The van der Waals surface area contributed by atoms with E-state index in [1.54, 1.807) is 6.20 Å². The fourth-order valence-electron chi connectivity index (χ4n) is 1.90. The summed E-state index contributed by atoms with van der Waals surface area (Å²) in [7, 11) is 0. The lowest BCUT2D eigenvalue weighted by molar-refractivity contribution is 0.205. The van der Waals surface area contributed by atoms with Crippen molar-refractivity contribution in [3.63, 3.8) is 0 Å². The van der Waals surface area contributed by atoms with Crippen LogP contribution in [0.1, 0.15) is 31.5 Å². The molecule has 1 unspecified atom stereocenters. The Labute approximate surface area is 95.7 Å². The van der Waals surface area contributed by atoms with Gasteiger partial charge in [-0.1, -0.05) is 6.07 Å². The van der Waals surface area contributed by atoms with Crippen molar-refractivity contribution >= 4 is 6.03 Å². The molecule has 2 amide bonds. The molecule has 1 saturated heterocycles. The molecule has 16 heavy (non-hydrogen) atoms. The average molecular weight is 219 g/mol. The molecule has 2 heterocycles. The van der Waals surface area contributed by atoms with Gasteiger partial charge in [-0.3, -0.25) is 4.98 Å². The maximum absolute atomic E-state index is 11.8. The van der Waals surface area contributed by atoms with Crippen LogP contribution in [0.5, 0.6) is 0 Å². The molecule has 1 aliphatic rings. The van der Waals surface area contributed by atoms with Gasteiger partial charge in [0.15, 0.2) is 0 Å². The van der Waals surface area contributed by atoms with Crippen molar-refractivity contribution in [2.45, 2.75) is 25.8 Å². The molecular weight excluding hydrogens is 202 g/mol. The van der Waals surface area contributed by atoms with E-state index in [0.29, 0.717) is 0 Å². The van der Waals surface area contributed by atoms with E-state index in [1.807, 2.05) is 30.0 Å². The second-order valence-corrected chi connectivity index (χ2v) is 4.12. The van der Waals surface area contributed by atoms with Gasteiger partial charge in [0, 0.05) is 19.3 Å². The van der Waals surface area contributed by atoms with E-state index in [-0.39, 0.29) is 12.1 Å². The fraction of sp³-hybridized carbons (Fsp3) is 0.500. The highest BCUT2D eigenvalue weighted by Crippen LogP contribution is 2.11. The minimum atomic E-state index is -0.0331. The van der Waals surface area contributed by atoms with E-state index < -0.39 is 0 Å². The molecule has 1 aromatic heterocycles. The number of nitrogens with one attached hydrogen (secondary N) is 1. The Bertz CT molecular complexity index is 347. The van der Waals surface area contributed by atoms with Gasteiger partial charge in [-0.15, -0.1) is 0 Å². The van der Waals surface area contributed by atoms with Crippen LogP contribution in [0.3, 0.4) is 0 Å². The van der Waals surface area contributed by atoms with Gasteiger partial charge in [0.2, 0.25) is 0 Å². The van der Waals surface area contributed by atoms with Crippen LogP contribution < -0.4 is 5.32 Å². The lowest BCUT2D eigenvalue weighted by Gasteiger charge is -2.20. The smallest absolute Gasteiger partial charge is 0.317 e. The number of rotatable bonds is 2. The summed E-state index contributed by atoms with van der Waals surface area (Å²) < 4.78 is 0. The molecule has 86 valence electrons. The zero-order valence-corrected chi connectivity index (χ0v) is 9.52. The van der Waals surface area contributed by atoms with Gasteiger partial charge in [-0.2, -0.15) is 0 Å². The minimum Gasteiger partial charge on any atom is -0.330 e. The molecule has 0 radical (unpaired) electrons. The van der Waals surface area contributed by atoms with Crippen LogP contribution in [0, 0.1) is 0 Å². The monoisotopic (exact) mass is 219 g/mol. The van der Waals surface area contributed by atoms with Crippen LogP contribution in [0.2, 0.25) is 0 Å². The van der Waals surface area contributed by atoms with Crippen LogP contribution in [-0.4, -0.2) is 29.0 Å². The summed E-state index contributed by atoms with van der Waals surface area (Å²) in [4.78, 5) is 17.9. The Kier molecular flexibility index (Phi) is 3.39. The lowest BCUT2D eigenvalue weighted by Crippen LogP contribution is -2.39. The number of nitrogens with zero attached hydrogens (tertiary/aromatic N) is 2. The number of hydrogen-bond donors (Lipinski definition) is 1. The fourth-order valence-corrected chi connectivity index (χ4v) is 1.90. The highest BCUT2D eigenvalue weighted by molar-refractivity contribution is 5.74. The van der Waals surface area contributed by atoms with E-state index in [0.717, 1.165) is 31.6 Å². The second kappa shape index (κ2) is 4.96. The van der Waals surface area contributed by atoms with E-state index >= 15 is 0 Å². The summed E-state index contributed by atoms with van der Waals surface area (Å²) in [5.41, 5.74) is 0.898. The summed E-state index contributed by atoms with van der Waals surface area (Å²) in [6.07, 6.45) is 3.98. The van der Waals surface area contributed by atoms with Crippen LogP contribution in [0.25, 0.3) is 0 Å². The second-order valence-electron chi connectivity index (χ2n) is 4.12. The Morgan fingerprint density at radius 2 is 2.19 bits per heavy atom. The van der Waals surface area contributed by atoms with E-state index in [2.05, 4.69) is 10.3 Å². The molecule has 1 aromatic rings. The quantitative estimate of drug-likeness (QED) is 0.826. The van der Waals surface area contributed by atoms with Crippen LogP contribution >= 0.6 is 0 Å². The highest BCUT2D eigenvalue weighted by Gasteiger charge is 2.19. The zero-order chi connectivity index (χ0) is 11.4. The Hall–Kier alpha value is -1.58. The van der Waals surface area contributed by atoms with Crippen molar-refractivity contribution in [2.75, 3.05) is 13.1 Å². The van der Waals surface area contributed by atoms with Crippen molar-refractivity contribution in [3.8, 4) is 0 Å². The van der Waals surface area contributed by atoms with Crippen LogP contribution in [0.4, 0.5) is 4.79 Å². The van der Waals surface area contributed by atoms with Gasteiger partial charge < -0.3 is 10.2 Å². The molecule has 4 nitrogen and oxygen atoms in total. The molecule has 0 bridgehead atoms. The number of aromatic nitrogens is 1. The lowest BCUT2D eigenvalue weighted by atomic mass is 10.2. The molecule has 1 aliphatic heterocycles. The number of likely N-dealkylation sites (tertiary alicyclic amines) is 1. The first-order valence-electron chi connectivity index (χ1n) is 5.74. The van der Waals surface area contributed by atoms with Crippen molar-refractivity contribution in [3.05, 3.63) is 30.1 Å². The third kappa shape index (κ3) is 2.51. The molecule has 1 atom stereocenters. The number of urea groups is 1. The summed E-state index contributed by atoms with van der Waals surface area (Å²) in [5.74, 6) is 0. The summed E-state index contributed by atoms with van der Waals surface area (Å²) in [6.45, 7) is 3.71. The van der Waals surface area contributed by atoms with Crippen molar-refractivity contribution in [1.29, 1.82) is 0 Å². The predicted molar refractivity (Wildman–Crippen MR) is 62.0 cm³/mol. The van der Waals surface area contributed by atoms with Crippen molar-refractivity contribution < 1.29 is 4.79 Å². The maximum atomic E-state index is 11.8. The largest absolute Gasteiger partial charge is 0.330 e. The van der Waals surface area contributed by atoms with Gasteiger partial charge in [-0.25, -0.2) is 4.79 Å². The molecule has 0 aliphatic carbocycles. The Morgan fingerprint density at radius 1 is 1.44 bits per heavy atom. The third-order valence-electron chi connectivity index (χ3n) is 2.86. The molecule has 0 spiro atoms. The first kappa shape index (κ1) is 10.9. The minimum absolute atomic E-state index is 0.0238. The van der Waals surface area contributed by atoms with Crippen LogP contribution in [-0.2, 0) is 0 Å². The first-order valence-corrected chi connectivity index (χ1v) is 5.74. The normalized spacial score (nSPS) is 17.2. The maximum Gasteiger partial charge on any atom is 0.317 e. The van der Waals surface area contributed by atoms with Gasteiger partial charge in [0.25, 0.3) is 0 Å². The highest BCUT2D eigenvalue weighted by atomic mass is 16.2. The molecular formula is C12H17N3O. The van der Waals surface area contributed by atoms with E-state index in [9.17, 15) is 4.79 Å². The van der Waals surface area contributed by atoms with Gasteiger partial charge in [0.05, 0.1) is 11.7 Å². The Balaban J connectivity index is 1.92. The number of amides is 2. The van der Waals surface area contributed by atoms with Crippen molar-refractivity contribution in [2.24, 2.45) is 0 Å². The Morgan fingerprint density at radius 3 is 2.81 bits per heavy atom. The summed E-state index contributed by atoms with van der Waals surface area (Å²) >= 11 is 0. The molecule has 0 aromatic carbocycles. The van der Waals surface area contributed by atoms with Crippen LogP contribution in [0.15, 0.2) is 24.4 Å². The van der Waals surface area contributed by atoms with Crippen molar-refractivity contribution in [1.82, 2.24) is 15.2 Å². The predicted octanol–water partition coefficient (Wildman–Crippen LogP) is 1.95. The summed E-state index contributed by atoms with van der Waals surface area (Å²) in [5, 5.41) is 2.96. The molecule has 2 rings (SSSR count). The van der Waals surface area contributed by atoms with Gasteiger partial charge in [-0.05, 0) is 31.9 Å². The number of carbonyl (C=O) groups is 1. The zero-order valence-electron chi connectivity index (χ0n) is 9.52. The summed E-state index contributed by atoms with van der Waals surface area (Å²) in [6, 6.07) is 5.72. The SMILES string of the molecule is CC(NC(=O)N1CCCC1)c1ccccn1. The molecule has 1 fully saturated rings. The molecule has 4 heteroatoms. The van der Waals surface area contributed by atoms with Gasteiger partial charge >= 0.3 is 6.03 Å². The van der Waals surface area contributed by atoms with Gasteiger partial charge in [0.1, 0.15) is 0 Å². The standard InChI is InChI=1S/C12H17N3O/c1-10(11-6-2-3-7-13-11)14-12(16)15-8-4-5-9-15/h2-3,6-7,10H,4-5,8-9H2,1H3,(H,14,16). The number of carbonyl (C=O) groups excluding carboxylic acids is 1. The third-order valence-corrected chi connectivity index (χ3v) is 2.86. The molecule has 0 saturated carbocycles. The van der Waals surface area contributed by atoms with E-state index in [4.69, 9.17) is 0 Å². The topological polar surface area (TPSA) is 45.2 Å². The average Bonchev–Trinajstić information content (AvgIpc) is 2.83. The molecule has 1 N–H and O–H groups in total. The first-order chi connectivity index (χ1) is 7.77. The number of hydrogen-bond acceptors (Lipinski definition) is 2. The number of pyridine rings is 1. The van der Waals surface area contributed by atoms with E-state index in [1.165, 1.54) is 0 Å².